The lowest BCUT2D eigenvalue weighted by atomic mass is 9.74. The Morgan fingerprint density at radius 2 is 1.61 bits per heavy atom. The van der Waals surface area contributed by atoms with Gasteiger partial charge in [-0.15, -0.1) is 0 Å². The van der Waals surface area contributed by atoms with Crippen molar-refractivity contribution in [3.05, 3.63) is 101 Å². The molecule has 3 aromatic rings. The second-order valence-electron chi connectivity index (χ2n) is 7.19. The summed E-state index contributed by atoms with van der Waals surface area (Å²) in [5, 5.41) is 3.65. The Labute approximate surface area is 162 Å². The molecule has 2 aliphatic heterocycles. The first-order valence-corrected chi connectivity index (χ1v) is 9.31. The highest BCUT2D eigenvalue weighted by atomic mass is 16.2. The number of hydrazine groups is 1. The molecule has 5 rings (SSSR count). The zero-order valence-corrected chi connectivity index (χ0v) is 15.1. The Morgan fingerprint density at radius 1 is 0.821 bits per heavy atom. The normalized spacial score (nSPS) is 22.6. The summed E-state index contributed by atoms with van der Waals surface area (Å²) in [6, 6.07) is 23.6. The van der Waals surface area contributed by atoms with Crippen LogP contribution < -0.4 is 16.2 Å². The number of amides is 1. The molecule has 1 amide bonds. The summed E-state index contributed by atoms with van der Waals surface area (Å²) in [7, 11) is 0. The van der Waals surface area contributed by atoms with Crippen molar-refractivity contribution in [1.29, 1.82) is 0 Å². The fourth-order valence-corrected chi connectivity index (χ4v) is 4.40. The van der Waals surface area contributed by atoms with Gasteiger partial charge < -0.3 is 5.32 Å². The van der Waals surface area contributed by atoms with E-state index in [9.17, 15) is 9.59 Å². The Hall–Kier alpha value is -3.44. The largest absolute Gasteiger partial charge is 0.377 e. The van der Waals surface area contributed by atoms with Gasteiger partial charge in [0.25, 0.3) is 5.91 Å². The number of anilines is 1. The number of benzene rings is 3. The van der Waals surface area contributed by atoms with E-state index in [2.05, 4.69) is 28.3 Å². The standard InChI is InChI=1S/C23H19N3O2/c27-13-14-6-4-9-16(12-14)19-21(15-7-2-1-3-8-15)24-18-11-5-10-17-20(18)22(19)25-26-23(17)28/h1-13,19,21-22,24-25H,(H,26,28). The fourth-order valence-electron chi connectivity index (χ4n) is 4.40. The average Bonchev–Trinajstić information content (AvgIpc) is 2.76. The van der Waals surface area contributed by atoms with Gasteiger partial charge in [-0.05, 0) is 29.3 Å². The SMILES string of the molecule is O=Cc1cccc(C2C(c3ccccc3)Nc3cccc4c3C2NNC4=O)c1. The van der Waals surface area contributed by atoms with Crippen LogP contribution in [0.4, 0.5) is 5.69 Å². The monoisotopic (exact) mass is 369 g/mol. The molecule has 138 valence electrons. The number of hydrogen-bond donors (Lipinski definition) is 3. The molecule has 3 unspecified atom stereocenters. The molecule has 0 aliphatic carbocycles. The summed E-state index contributed by atoms with van der Waals surface area (Å²) >= 11 is 0. The molecule has 0 spiro atoms. The first kappa shape index (κ1) is 16.7. The van der Waals surface area contributed by atoms with Gasteiger partial charge in [-0.2, -0.15) is 0 Å². The molecular weight excluding hydrogens is 350 g/mol. The van der Waals surface area contributed by atoms with E-state index in [1.54, 1.807) is 6.07 Å². The maximum atomic E-state index is 12.4. The van der Waals surface area contributed by atoms with Crippen molar-refractivity contribution in [2.45, 2.75) is 18.0 Å². The summed E-state index contributed by atoms with van der Waals surface area (Å²) in [4.78, 5) is 23.7. The summed E-state index contributed by atoms with van der Waals surface area (Å²) < 4.78 is 0. The smallest absolute Gasteiger partial charge is 0.265 e. The summed E-state index contributed by atoms with van der Waals surface area (Å²) in [5.41, 5.74) is 11.5. The number of carbonyl (C=O) groups is 2. The molecule has 0 radical (unpaired) electrons. The van der Waals surface area contributed by atoms with E-state index < -0.39 is 0 Å². The second kappa shape index (κ2) is 6.62. The van der Waals surface area contributed by atoms with Gasteiger partial charge in [0, 0.05) is 28.3 Å². The minimum atomic E-state index is -0.131. The maximum Gasteiger partial charge on any atom is 0.265 e. The van der Waals surface area contributed by atoms with Crippen molar-refractivity contribution in [1.82, 2.24) is 10.9 Å². The Balaban J connectivity index is 1.72. The number of carbonyl (C=O) groups excluding carboxylic acids is 2. The first-order chi connectivity index (χ1) is 13.8. The van der Waals surface area contributed by atoms with Crippen molar-refractivity contribution < 1.29 is 9.59 Å². The lowest BCUT2D eigenvalue weighted by Crippen LogP contribution is -2.50. The van der Waals surface area contributed by atoms with E-state index >= 15 is 0 Å². The van der Waals surface area contributed by atoms with Gasteiger partial charge in [-0.25, -0.2) is 5.43 Å². The molecule has 2 aliphatic rings. The van der Waals surface area contributed by atoms with Crippen LogP contribution in [0, 0.1) is 0 Å². The van der Waals surface area contributed by atoms with Gasteiger partial charge in [0.05, 0.1) is 12.1 Å². The van der Waals surface area contributed by atoms with E-state index in [1.807, 2.05) is 54.6 Å². The van der Waals surface area contributed by atoms with Crippen molar-refractivity contribution in [2.75, 3.05) is 5.32 Å². The molecule has 2 heterocycles. The van der Waals surface area contributed by atoms with Gasteiger partial charge >= 0.3 is 0 Å². The average molecular weight is 369 g/mol. The van der Waals surface area contributed by atoms with E-state index in [0.29, 0.717) is 11.1 Å². The third-order valence-corrected chi connectivity index (χ3v) is 5.62. The molecule has 3 N–H and O–H groups in total. The molecule has 3 atom stereocenters. The van der Waals surface area contributed by atoms with E-state index in [-0.39, 0.29) is 23.9 Å². The predicted octanol–water partition coefficient (Wildman–Crippen LogP) is 3.74. The van der Waals surface area contributed by atoms with Crippen molar-refractivity contribution in [3.8, 4) is 0 Å². The molecule has 3 aromatic carbocycles. The molecule has 0 aromatic heterocycles. The molecule has 5 heteroatoms. The minimum Gasteiger partial charge on any atom is -0.377 e. The molecule has 0 saturated carbocycles. The fraction of sp³-hybridized carbons (Fsp3) is 0.130. The van der Waals surface area contributed by atoms with Crippen LogP contribution in [-0.4, -0.2) is 12.2 Å². The highest BCUT2D eigenvalue weighted by Gasteiger charge is 2.42. The second-order valence-corrected chi connectivity index (χ2v) is 7.19. The predicted molar refractivity (Wildman–Crippen MR) is 107 cm³/mol. The quantitative estimate of drug-likeness (QED) is 0.615. The van der Waals surface area contributed by atoms with Crippen LogP contribution in [0.1, 0.15) is 55.4 Å². The third kappa shape index (κ3) is 2.60. The Bertz CT molecular complexity index is 1060. The van der Waals surface area contributed by atoms with E-state index in [1.165, 1.54) is 0 Å². The zero-order valence-electron chi connectivity index (χ0n) is 15.1. The number of nitrogens with one attached hydrogen (secondary N) is 3. The topological polar surface area (TPSA) is 70.2 Å². The van der Waals surface area contributed by atoms with Gasteiger partial charge in [-0.3, -0.25) is 15.0 Å². The van der Waals surface area contributed by atoms with E-state index in [0.717, 1.165) is 28.7 Å². The highest BCUT2D eigenvalue weighted by Crippen LogP contribution is 2.50. The summed E-state index contributed by atoms with van der Waals surface area (Å²) in [5.74, 6) is -0.148. The van der Waals surface area contributed by atoms with Crippen LogP contribution in [0.3, 0.4) is 0 Å². The molecule has 28 heavy (non-hydrogen) atoms. The van der Waals surface area contributed by atoms with Gasteiger partial charge in [-0.1, -0.05) is 54.6 Å². The van der Waals surface area contributed by atoms with E-state index in [4.69, 9.17) is 0 Å². The number of hydrogen-bond acceptors (Lipinski definition) is 4. The van der Waals surface area contributed by atoms with Gasteiger partial charge in [0.2, 0.25) is 0 Å². The lowest BCUT2D eigenvalue weighted by molar-refractivity contribution is 0.0899. The molecule has 0 saturated heterocycles. The van der Waals surface area contributed by atoms with Crippen molar-refractivity contribution in [2.24, 2.45) is 0 Å². The summed E-state index contributed by atoms with van der Waals surface area (Å²) in [6.07, 6.45) is 0.868. The maximum absolute atomic E-state index is 12.4. The molecule has 0 fully saturated rings. The number of aldehydes is 1. The molecular formula is C23H19N3O2. The van der Waals surface area contributed by atoms with Gasteiger partial charge in [0.1, 0.15) is 6.29 Å². The zero-order chi connectivity index (χ0) is 19.1. The highest BCUT2D eigenvalue weighted by molar-refractivity contribution is 5.98. The minimum absolute atomic E-state index is 0.0154. The van der Waals surface area contributed by atoms with Crippen molar-refractivity contribution >= 4 is 17.9 Å². The first-order valence-electron chi connectivity index (χ1n) is 9.31. The third-order valence-electron chi connectivity index (χ3n) is 5.62. The summed E-state index contributed by atoms with van der Waals surface area (Å²) in [6.45, 7) is 0. The van der Waals surface area contributed by atoms with Crippen LogP contribution in [-0.2, 0) is 0 Å². The van der Waals surface area contributed by atoms with Gasteiger partial charge in [0.15, 0.2) is 0 Å². The number of rotatable bonds is 3. The Morgan fingerprint density at radius 3 is 2.43 bits per heavy atom. The molecule has 5 nitrogen and oxygen atoms in total. The van der Waals surface area contributed by atoms with Crippen molar-refractivity contribution in [3.63, 3.8) is 0 Å². The van der Waals surface area contributed by atoms with Crippen LogP contribution in [0.2, 0.25) is 0 Å². The van der Waals surface area contributed by atoms with Crippen LogP contribution >= 0.6 is 0 Å². The van der Waals surface area contributed by atoms with Crippen LogP contribution in [0.25, 0.3) is 0 Å². The lowest BCUT2D eigenvalue weighted by Gasteiger charge is -2.44. The molecule has 0 bridgehead atoms. The Kier molecular flexibility index (Phi) is 3.95. The van der Waals surface area contributed by atoms with Crippen LogP contribution in [0.5, 0.6) is 0 Å². The van der Waals surface area contributed by atoms with Crippen LogP contribution in [0.15, 0.2) is 72.8 Å².